The first kappa shape index (κ1) is 16.0. The van der Waals surface area contributed by atoms with E-state index in [1.165, 1.54) is 0 Å². The third kappa shape index (κ3) is 4.07. The standard InChI is InChI=1S/C18H28N2O/c1-4-13(2)17(15-8-6-5-7-9-15)18(21)20-16-12-19-11-10-14(16)3/h5-9,13-14,16-17,19H,4,10-12H2,1-3H3,(H,20,21). The summed E-state index contributed by atoms with van der Waals surface area (Å²) in [5.74, 6) is 1.02. The van der Waals surface area contributed by atoms with Crippen LogP contribution < -0.4 is 10.6 Å². The van der Waals surface area contributed by atoms with Crippen molar-refractivity contribution in [2.45, 2.75) is 45.6 Å². The number of carbonyl (C=O) groups is 1. The van der Waals surface area contributed by atoms with E-state index in [0.717, 1.165) is 31.5 Å². The summed E-state index contributed by atoms with van der Waals surface area (Å²) in [6.07, 6.45) is 2.13. The summed E-state index contributed by atoms with van der Waals surface area (Å²) >= 11 is 0. The van der Waals surface area contributed by atoms with Crippen LogP contribution in [0.3, 0.4) is 0 Å². The fourth-order valence-corrected chi connectivity index (χ4v) is 3.09. The largest absolute Gasteiger partial charge is 0.351 e. The third-order valence-electron chi connectivity index (χ3n) is 4.81. The van der Waals surface area contributed by atoms with Crippen LogP contribution >= 0.6 is 0 Å². The maximum atomic E-state index is 12.8. The minimum Gasteiger partial charge on any atom is -0.351 e. The first-order chi connectivity index (χ1) is 10.1. The molecule has 21 heavy (non-hydrogen) atoms. The molecule has 0 radical (unpaired) electrons. The Morgan fingerprint density at radius 1 is 1.38 bits per heavy atom. The highest BCUT2D eigenvalue weighted by atomic mass is 16.2. The molecule has 1 aliphatic rings. The average molecular weight is 288 g/mol. The second kappa shape index (κ2) is 7.60. The Bertz CT molecular complexity index is 446. The van der Waals surface area contributed by atoms with Gasteiger partial charge in [-0.15, -0.1) is 0 Å². The predicted octanol–water partition coefficient (Wildman–Crippen LogP) is 2.93. The van der Waals surface area contributed by atoms with Crippen LogP contribution in [0.2, 0.25) is 0 Å². The second-order valence-electron chi connectivity index (χ2n) is 6.36. The number of piperidine rings is 1. The zero-order chi connectivity index (χ0) is 15.2. The van der Waals surface area contributed by atoms with Crippen molar-refractivity contribution in [2.75, 3.05) is 13.1 Å². The van der Waals surface area contributed by atoms with Gasteiger partial charge in [0.15, 0.2) is 0 Å². The summed E-state index contributed by atoms with van der Waals surface area (Å²) in [4.78, 5) is 12.8. The van der Waals surface area contributed by atoms with Crippen LogP contribution in [0.5, 0.6) is 0 Å². The van der Waals surface area contributed by atoms with E-state index >= 15 is 0 Å². The molecule has 3 nitrogen and oxygen atoms in total. The van der Waals surface area contributed by atoms with Crippen LogP contribution in [0.25, 0.3) is 0 Å². The molecule has 1 fully saturated rings. The Labute approximate surface area is 128 Å². The molecule has 1 aromatic carbocycles. The fraction of sp³-hybridized carbons (Fsp3) is 0.611. The molecule has 1 aromatic rings. The van der Waals surface area contributed by atoms with Gasteiger partial charge in [0.1, 0.15) is 0 Å². The minimum absolute atomic E-state index is 0.0506. The van der Waals surface area contributed by atoms with Gasteiger partial charge in [0, 0.05) is 12.6 Å². The van der Waals surface area contributed by atoms with Crippen LogP contribution in [0, 0.1) is 11.8 Å². The molecule has 2 N–H and O–H groups in total. The van der Waals surface area contributed by atoms with E-state index in [1.807, 2.05) is 18.2 Å². The maximum absolute atomic E-state index is 12.8. The highest BCUT2D eigenvalue weighted by Gasteiger charge is 2.29. The van der Waals surface area contributed by atoms with Crippen molar-refractivity contribution in [1.82, 2.24) is 10.6 Å². The lowest BCUT2D eigenvalue weighted by Gasteiger charge is -2.32. The Hall–Kier alpha value is -1.35. The Kier molecular flexibility index (Phi) is 5.80. The lowest BCUT2D eigenvalue weighted by Crippen LogP contribution is -2.51. The number of rotatable bonds is 5. The topological polar surface area (TPSA) is 41.1 Å². The maximum Gasteiger partial charge on any atom is 0.228 e. The molecule has 3 heteroatoms. The smallest absolute Gasteiger partial charge is 0.228 e. The third-order valence-corrected chi connectivity index (χ3v) is 4.81. The molecular weight excluding hydrogens is 260 g/mol. The summed E-state index contributed by atoms with van der Waals surface area (Å²) in [5.41, 5.74) is 1.13. The highest BCUT2D eigenvalue weighted by molar-refractivity contribution is 5.84. The molecule has 2 rings (SSSR count). The lowest BCUT2D eigenvalue weighted by molar-refractivity contribution is -0.124. The van der Waals surface area contributed by atoms with E-state index in [-0.39, 0.29) is 17.9 Å². The molecule has 116 valence electrons. The molecule has 0 bridgehead atoms. The monoisotopic (exact) mass is 288 g/mol. The van der Waals surface area contributed by atoms with Crippen molar-refractivity contribution >= 4 is 5.91 Å². The van der Waals surface area contributed by atoms with E-state index in [9.17, 15) is 4.79 Å². The molecule has 4 atom stereocenters. The normalized spacial score (nSPS) is 25.1. The summed E-state index contributed by atoms with van der Waals surface area (Å²) < 4.78 is 0. The molecule has 1 amide bonds. The fourth-order valence-electron chi connectivity index (χ4n) is 3.09. The quantitative estimate of drug-likeness (QED) is 0.874. The Balaban J connectivity index is 2.11. The van der Waals surface area contributed by atoms with E-state index in [1.54, 1.807) is 0 Å². The molecule has 1 heterocycles. The number of hydrogen-bond acceptors (Lipinski definition) is 2. The first-order valence-corrected chi connectivity index (χ1v) is 8.19. The summed E-state index contributed by atoms with van der Waals surface area (Å²) in [5, 5.41) is 6.66. The molecule has 4 unspecified atom stereocenters. The molecular formula is C18H28N2O. The van der Waals surface area contributed by atoms with Crippen molar-refractivity contribution in [3.63, 3.8) is 0 Å². The predicted molar refractivity (Wildman–Crippen MR) is 87.2 cm³/mol. The zero-order valence-corrected chi connectivity index (χ0v) is 13.4. The van der Waals surface area contributed by atoms with E-state index < -0.39 is 0 Å². The highest BCUT2D eigenvalue weighted by Crippen LogP contribution is 2.27. The molecule has 0 saturated carbocycles. The number of carbonyl (C=O) groups excluding carboxylic acids is 1. The van der Waals surface area contributed by atoms with Crippen LogP contribution in [-0.2, 0) is 4.79 Å². The van der Waals surface area contributed by atoms with Gasteiger partial charge in [-0.3, -0.25) is 4.79 Å². The van der Waals surface area contributed by atoms with E-state index in [2.05, 4.69) is 43.5 Å². The molecule has 1 aliphatic heterocycles. The minimum atomic E-state index is -0.0506. The van der Waals surface area contributed by atoms with Gasteiger partial charge >= 0.3 is 0 Å². The molecule has 0 spiro atoms. The van der Waals surface area contributed by atoms with Crippen LogP contribution in [0.1, 0.15) is 45.1 Å². The summed E-state index contributed by atoms with van der Waals surface area (Å²) in [6, 6.07) is 10.4. The zero-order valence-electron chi connectivity index (χ0n) is 13.4. The average Bonchev–Trinajstić information content (AvgIpc) is 2.50. The van der Waals surface area contributed by atoms with Crippen LogP contribution in [-0.4, -0.2) is 25.0 Å². The SMILES string of the molecule is CCC(C)C(C(=O)NC1CNCCC1C)c1ccccc1. The van der Waals surface area contributed by atoms with Gasteiger partial charge in [-0.2, -0.15) is 0 Å². The number of nitrogens with one attached hydrogen (secondary N) is 2. The molecule has 0 aliphatic carbocycles. The number of amides is 1. The van der Waals surface area contributed by atoms with Crippen molar-refractivity contribution in [3.05, 3.63) is 35.9 Å². The van der Waals surface area contributed by atoms with Gasteiger partial charge in [0.2, 0.25) is 5.91 Å². The van der Waals surface area contributed by atoms with Gasteiger partial charge in [0.05, 0.1) is 5.92 Å². The van der Waals surface area contributed by atoms with Crippen LogP contribution in [0.15, 0.2) is 30.3 Å². The first-order valence-electron chi connectivity index (χ1n) is 8.19. The number of benzene rings is 1. The summed E-state index contributed by atoms with van der Waals surface area (Å²) in [6.45, 7) is 8.49. The Morgan fingerprint density at radius 3 is 2.71 bits per heavy atom. The van der Waals surface area contributed by atoms with Crippen molar-refractivity contribution < 1.29 is 4.79 Å². The number of hydrogen-bond donors (Lipinski definition) is 2. The van der Waals surface area contributed by atoms with Gasteiger partial charge in [0.25, 0.3) is 0 Å². The molecule has 1 saturated heterocycles. The van der Waals surface area contributed by atoms with Gasteiger partial charge < -0.3 is 10.6 Å². The van der Waals surface area contributed by atoms with Crippen LogP contribution in [0.4, 0.5) is 0 Å². The van der Waals surface area contributed by atoms with Crippen molar-refractivity contribution in [3.8, 4) is 0 Å². The lowest BCUT2D eigenvalue weighted by atomic mass is 9.84. The van der Waals surface area contributed by atoms with E-state index in [4.69, 9.17) is 0 Å². The van der Waals surface area contributed by atoms with E-state index in [0.29, 0.717) is 11.8 Å². The van der Waals surface area contributed by atoms with Gasteiger partial charge in [-0.05, 0) is 30.4 Å². The second-order valence-corrected chi connectivity index (χ2v) is 6.36. The Morgan fingerprint density at radius 2 is 2.10 bits per heavy atom. The van der Waals surface area contributed by atoms with Gasteiger partial charge in [-0.1, -0.05) is 57.5 Å². The summed E-state index contributed by atoms with van der Waals surface area (Å²) in [7, 11) is 0. The van der Waals surface area contributed by atoms with Crippen molar-refractivity contribution in [2.24, 2.45) is 11.8 Å². The molecule has 0 aromatic heterocycles. The van der Waals surface area contributed by atoms with Gasteiger partial charge in [-0.25, -0.2) is 0 Å². The van der Waals surface area contributed by atoms with Crippen molar-refractivity contribution in [1.29, 1.82) is 0 Å².